The molecule has 2 aromatic heterocycles. The normalized spacial score (nSPS) is 18.2. The van der Waals surface area contributed by atoms with Crippen molar-refractivity contribution in [2.24, 2.45) is 5.92 Å². The highest BCUT2D eigenvalue weighted by molar-refractivity contribution is 5.92. The predicted molar refractivity (Wildman–Crippen MR) is 91.9 cm³/mol. The fourth-order valence-corrected chi connectivity index (χ4v) is 3.10. The van der Waals surface area contributed by atoms with Crippen LogP contribution in [-0.2, 0) is 6.42 Å². The summed E-state index contributed by atoms with van der Waals surface area (Å²) in [7, 11) is 3.92. The quantitative estimate of drug-likeness (QED) is 0.925. The maximum Gasteiger partial charge on any atom is 0.271 e. The monoisotopic (exact) mass is 328 g/mol. The van der Waals surface area contributed by atoms with Gasteiger partial charge in [0.25, 0.3) is 5.91 Å². The Hall–Kier alpha value is -2.44. The molecule has 0 aromatic carbocycles. The first kappa shape index (κ1) is 16.4. The average Bonchev–Trinajstić information content (AvgIpc) is 3.02. The number of likely N-dealkylation sites (tertiary alicyclic amines) is 1. The van der Waals surface area contributed by atoms with Gasteiger partial charge >= 0.3 is 0 Å². The highest BCUT2D eigenvalue weighted by Gasteiger charge is 2.22. The molecule has 7 nitrogen and oxygen atoms in total. The van der Waals surface area contributed by atoms with Crippen LogP contribution in [0.3, 0.4) is 0 Å². The zero-order valence-electron chi connectivity index (χ0n) is 14.3. The second kappa shape index (κ2) is 7.42. The molecule has 0 aliphatic carbocycles. The van der Waals surface area contributed by atoms with Crippen LogP contribution in [0.15, 0.2) is 24.7 Å². The standard InChI is InChI=1S/C17H24N6O/c1-22(2)16-12-18-14(11-19-16)10-13-4-3-8-23(9-6-13)17(24)15-5-7-20-21-15/h5,7,11-13H,3-4,6,8-10H2,1-2H3,(H,20,21). The molecule has 1 N–H and O–H groups in total. The molecule has 128 valence electrons. The van der Waals surface area contributed by atoms with E-state index in [0.717, 1.165) is 50.3 Å². The van der Waals surface area contributed by atoms with Crippen molar-refractivity contribution >= 4 is 11.7 Å². The first-order chi connectivity index (χ1) is 11.6. The van der Waals surface area contributed by atoms with Crippen molar-refractivity contribution in [2.45, 2.75) is 25.7 Å². The highest BCUT2D eigenvalue weighted by Crippen LogP contribution is 2.22. The molecule has 1 aliphatic heterocycles. The van der Waals surface area contributed by atoms with Gasteiger partial charge in [-0.25, -0.2) is 4.98 Å². The third kappa shape index (κ3) is 3.90. The average molecular weight is 328 g/mol. The van der Waals surface area contributed by atoms with Crippen molar-refractivity contribution in [1.29, 1.82) is 0 Å². The zero-order valence-corrected chi connectivity index (χ0v) is 14.3. The molecule has 2 aromatic rings. The Morgan fingerprint density at radius 2 is 2.17 bits per heavy atom. The van der Waals surface area contributed by atoms with E-state index in [1.54, 1.807) is 12.3 Å². The number of hydrogen-bond donors (Lipinski definition) is 1. The molecule has 3 heterocycles. The molecular weight excluding hydrogens is 304 g/mol. The number of rotatable bonds is 4. The highest BCUT2D eigenvalue weighted by atomic mass is 16.2. The maximum absolute atomic E-state index is 12.4. The van der Waals surface area contributed by atoms with E-state index in [1.807, 2.05) is 36.3 Å². The topological polar surface area (TPSA) is 78.0 Å². The van der Waals surface area contributed by atoms with E-state index >= 15 is 0 Å². The van der Waals surface area contributed by atoms with Gasteiger partial charge in [-0.3, -0.25) is 14.9 Å². The summed E-state index contributed by atoms with van der Waals surface area (Å²) < 4.78 is 0. The Kier molecular flexibility index (Phi) is 5.08. The van der Waals surface area contributed by atoms with Crippen LogP contribution in [0.2, 0.25) is 0 Å². The van der Waals surface area contributed by atoms with Gasteiger partial charge in [-0.2, -0.15) is 5.10 Å². The number of hydrogen-bond acceptors (Lipinski definition) is 5. The van der Waals surface area contributed by atoms with E-state index in [4.69, 9.17) is 0 Å². The largest absolute Gasteiger partial charge is 0.361 e. The molecule has 0 spiro atoms. The maximum atomic E-state index is 12.4. The van der Waals surface area contributed by atoms with E-state index < -0.39 is 0 Å². The number of H-pyrrole nitrogens is 1. The summed E-state index contributed by atoms with van der Waals surface area (Å²) in [4.78, 5) is 25.2. The Labute approximate surface area is 142 Å². The Morgan fingerprint density at radius 3 is 2.83 bits per heavy atom. The molecule has 1 unspecified atom stereocenters. The van der Waals surface area contributed by atoms with Gasteiger partial charge in [0.2, 0.25) is 0 Å². The van der Waals surface area contributed by atoms with Gasteiger partial charge in [-0.1, -0.05) is 0 Å². The lowest BCUT2D eigenvalue weighted by Crippen LogP contribution is -2.32. The summed E-state index contributed by atoms with van der Waals surface area (Å²) in [5.74, 6) is 1.46. The SMILES string of the molecule is CN(C)c1cnc(CC2CCCN(C(=O)c3ccn[nH]3)CC2)cn1. The number of carbonyl (C=O) groups excluding carboxylic acids is 1. The van der Waals surface area contributed by atoms with Crippen LogP contribution in [0.1, 0.15) is 35.4 Å². The summed E-state index contributed by atoms with van der Waals surface area (Å²) in [5, 5.41) is 6.62. The van der Waals surface area contributed by atoms with Gasteiger partial charge in [-0.05, 0) is 37.7 Å². The van der Waals surface area contributed by atoms with E-state index in [0.29, 0.717) is 11.6 Å². The Balaban J connectivity index is 1.56. The number of aromatic nitrogens is 4. The van der Waals surface area contributed by atoms with Crippen LogP contribution in [-0.4, -0.2) is 58.2 Å². The van der Waals surface area contributed by atoms with Gasteiger partial charge in [0.15, 0.2) is 0 Å². The molecule has 1 atom stereocenters. The second-order valence-electron chi connectivity index (χ2n) is 6.52. The minimum atomic E-state index is 0.0447. The molecule has 0 radical (unpaired) electrons. The number of nitrogens with one attached hydrogen (secondary N) is 1. The second-order valence-corrected chi connectivity index (χ2v) is 6.52. The molecule has 3 rings (SSSR count). The molecule has 0 bridgehead atoms. The molecule has 1 amide bonds. The van der Waals surface area contributed by atoms with Crippen LogP contribution < -0.4 is 4.90 Å². The lowest BCUT2D eigenvalue weighted by molar-refractivity contribution is 0.0754. The third-order valence-electron chi connectivity index (χ3n) is 4.51. The number of nitrogens with zero attached hydrogens (tertiary/aromatic N) is 5. The summed E-state index contributed by atoms with van der Waals surface area (Å²) in [6, 6.07) is 1.73. The van der Waals surface area contributed by atoms with Gasteiger partial charge in [-0.15, -0.1) is 0 Å². The lowest BCUT2D eigenvalue weighted by atomic mass is 9.95. The molecule has 1 aliphatic rings. The minimum absolute atomic E-state index is 0.0447. The van der Waals surface area contributed by atoms with Gasteiger partial charge in [0, 0.05) is 33.4 Å². The first-order valence-electron chi connectivity index (χ1n) is 8.40. The van der Waals surface area contributed by atoms with Crippen LogP contribution in [0, 0.1) is 5.92 Å². The van der Waals surface area contributed by atoms with Crippen molar-refractivity contribution in [3.05, 3.63) is 36.0 Å². The minimum Gasteiger partial charge on any atom is -0.361 e. The van der Waals surface area contributed by atoms with Crippen molar-refractivity contribution < 1.29 is 4.79 Å². The van der Waals surface area contributed by atoms with Crippen LogP contribution in [0.25, 0.3) is 0 Å². The van der Waals surface area contributed by atoms with Crippen molar-refractivity contribution in [3.8, 4) is 0 Å². The van der Waals surface area contributed by atoms with Gasteiger partial charge in [0.1, 0.15) is 11.5 Å². The smallest absolute Gasteiger partial charge is 0.271 e. The van der Waals surface area contributed by atoms with Gasteiger partial charge in [0.05, 0.1) is 18.1 Å². The number of aromatic amines is 1. The van der Waals surface area contributed by atoms with Gasteiger partial charge < -0.3 is 9.80 Å². The Bertz CT molecular complexity index is 652. The zero-order chi connectivity index (χ0) is 16.9. The summed E-state index contributed by atoms with van der Waals surface area (Å²) in [5.41, 5.74) is 1.59. The summed E-state index contributed by atoms with van der Waals surface area (Å²) in [6.45, 7) is 1.59. The van der Waals surface area contributed by atoms with Crippen molar-refractivity contribution in [2.75, 3.05) is 32.1 Å². The molecule has 1 saturated heterocycles. The van der Waals surface area contributed by atoms with Crippen molar-refractivity contribution in [3.63, 3.8) is 0 Å². The van der Waals surface area contributed by atoms with Crippen LogP contribution in [0.4, 0.5) is 5.82 Å². The molecular formula is C17H24N6O. The number of amides is 1. The molecule has 7 heteroatoms. The summed E-state index contributed by atoms with van der Waals surface area (Å²) in [6.07, 6.45) is 9.36. The van der Waals surface area contributed by atoms with E-state index in [-0.39, 0.29) is 5.91 Å². The number of anilines is 1. The molecule has 0 saturated carbocycles. The first-order valence-corrected chi connectivity index (χ1v) is 8.40. The van der Waals surface area contributed by atoms with Crippen LogP contribution in [0.5, 0.6) is 0 Å². The lowest BCUT2D eigenvalue weighted by Gasteiger charge is -2.19. The Morgan fingerprint density at radius 1 is 1.29 bits per heavy atom. The fraction of sp³-hybridized carbons (Fsp3) is 0.529. The van der Waals surface area contributed by atoms with Crippen LogP contribution >= 0.6 is 0 Å². The third-order valence-corrected chi connectivity index (χ3v) is 4.51. The van der Waals surface area contributed by atoms with Crippen molar-refractivity contribution in [1.82, 2.24) is 25.1 Å². The molecule has 24 heavy (non-hydrogen) atoms. The fourth-order valence-electron chi connectivity index (χ4n) is 3.10. The number of carbonyl (C=O) groups is 1. The summed E-state index contributed by atoms with van der Waals surface area (Å²) >= 11 is 0. The van der Waals surface area contributed by atoms with E-state index in [9.17, 15) is 4.79 Å². The molecule has 1 fully saturated rings. The van der Waals surface area contributed by atoms with E-state index in [2.05, 4.69) is 20.2 Å². The van der Waals surface area contributed by atoms with E-state index in [1.165, 1.54) is 0 Å². The predicted octanol–water partition coefficient (Wildman–Crippen LogP) is 1.75.